The Bertz CT molecular complexity index is 504. The summed E-state index contributed by atoms with van der Waals surface area (Å²) in [5.41, 5.74) is 1.76. The fourth-order valence-corrected chi connectivity index (χ4v) is 6.93. The van der Waals surface area contributed by atoms with Gasteiger partial charge in [-0.3, -0.25) is 0 Å². The van der Waals surface area contributed by atoms with E-state index in [0.717, 1.165) is 32.1 Å². The van der Waals surface area contributed by atoms with Crippen LogP contribution in [0.25, 0.3) is 0 Å². The highest BCUT2D eigenvalue weighted by Gasteiger charge is 2.60. The van der Waals surface area contributed by atoms with Crippen molar-refractivity contribution in [2.24, 2.45) is 28.6 Å². The largest absolute Gasteiger partial charge is 0.393 e. The summed E-state index contributed by atoms with van der Waals surface area (Å²) in [6.45, 7) is 4.71. The molecule has 4 rings (SSSR count). The lowest BCUT2D eigenvalue weighted by molar-refractivity contribution is -0.101. The third kappa shape index (κ3) is 1.94. The zero-order valence-electron chi connectivity index (χ0n) is 13.8. The van der Waals surface area contributed by atoms with Crippen LogP contribution in [0.15, 0.2) is 11.6 Å². The molecule has 22 heavy (non-hydrogen) atoms. The summed E-state index contributed by atoms with van der Waals surface area (Å²) in [7, 11) is 0. The first-order chi connectivity index (χ1) is 10.4. The normalized spacial score (nSPS) is 57.6. The van der Waals surface area contributed by atoms with Crippen molar-refractivity contribution >= 4 is 12.6 Å². The van der Waals surface area contributed by atoms with Crippen LogP contribution in [0, 0.1) is 28.6 Å². The summed E-state index contributed by atoms with van der Waals surface area (Å²) in [5, 5.41) is 21.9. The molecule has 0 unspecified atom stereocenters. The first-order valence-corrected chi connectivity index (χ1v) is 9.63. The molecule has 4 aliphatic rings. The topological polar surface area (TPSA) is 40.5 Å². The minimum atomic E-state index is -0.318. The van der Waals surface area contributed by atoms with Crippen LogP contribution in [0.4, 0.5) is 0 Å². The van der Waals surface area contributed by atoms with E-state index in [-0.39, 0.29) is 23.0 Å². The Morgan fingerprint density at radius 3 is 2.59 bits per heavy atom. The van der Waals surface area contributed by atoms with Crippen LogP contribution in [0.1, 0.15) is 58.8 Å². The van der Waals surface area contributed by atoms with E-state index < -0.39 is 0 Å². The minimum Gasteiger partial charge on any atom is -0.393 e. The van der Waals surface area contributed by atoms with Crippen molar-refractivity contribution < 1.29 is 10.2 Å². The van der Waals surface area contributed by atoms with Gasteiger partial charge in [-0.1, -0.05) is 25.5 Å². The van der Waals surface area contributed by atoms with Crippen LogP contribution in [0.5, 0.6) is 0 Å². The lowest BCUT2D eigenvalue weighted by Crippen LogP contribution is -2.55. The van der Waals surface area contributed by atoms with E-state index in [0.29, 0.717) is 23.0 Å². The average Bonchev–Trinajstić information content (AvgIpc) is 2.77. The number of allylic oxidation sites excluding steroid dienone is 1. The Labute approximate surface area is 139 Å². The molecule has 0 aliphatic heterocycles. The Hall–Kier alpha value is 0.01000. The van der Waals surface area contributed by atoms with Gasteiger partial charge in [-0.15, -0.1) is 0 Å². The van der Waals surface area contributed by atoms with Crippen LogP contribution in [0.3, 0.4) is 0 Å². The van der Waals surface area contributed by atoms with E-state index in [1.807, 2.05) is 0 Å². The molecule has 0 radical (unpaired) electrons. The number of hydrogen-bond acceptors (Lipinski definition) is 3. The van der Waals surface area contributed by atoms with Gasteiger partial charge in [-0.25, -0.2) is 0 Å². The molecule has 3 fully saturated rings. The highest BCUT2D eigenvalue weighted by Crippen LogP contribution is 2.64. The summed E-state index contributed by atoms with van der Waals surface area (Å²) in [6.07, 6.45) is 9.45. The van der Waals surface area contributed by atoms with E-state index in [1.54, 1.807) is 0 Å². The van der Waals surface area contributed by atoms with Crippen LogP contribution in [-0.2, 0) is 0 Å². The molecule has 4 aliphatic carbocycles. The molecule has 0 spiro atoms. The quantitative estimate of drug-likeness (QED) is 0.471. The van der Waals surface area contributed by atoms with E-state index in [9.17, 15) is 10.2 Å². The minimum absolute atomic E-state index is 0.0323. The second-order valence-corrected chi connectivity index (χ2v) is 9.65. The SMILES string of the molecule is C[C@]12CC[C@H]3[C@@H]([C@@H](O)C=C4C[C@H](S)CC[C@@]43C)[C@@H]1CC[C@@H]2O. The molecule has 3 heteroatoms. The zero-order chi connectivity index (χ0) is 15.7. The standard InChI is InChI=1S/C19H30O2S/c1-18-7-5-12(22)9-11(18)10-15(20)17-13-3-4-16(21)19(13,2)8-6-14(17)18/h10,12-17,20-22H,3-9H2,1-2H3/t12-,13+,14+,15+,16+,17+,18+,19+/m1/s1. The van der Waals surface area contributed by atoms with Gasteiger partial charge in [0.25, 0.3) is 0 Å². The average molecular weight is 323 g/mol. The lowest BCUT2D eigenvalue weighted by Gasteiger charge is -2.58. The third-order valence-corrected chi connectivity index (χ3v) is 8.49. The second-order valence-electron chi connectivity index (χ2n) is 8.92. The van der Waals surface area contributed by atoms with Gasteiger partial charge in [0.05, 0.1) is 12.2 Å². The predicted octanol–water partition coefficient (Wildman–Crippen LogP) is 3.58. The van der Waals surface area contributed by atoms with E-state index in [4.69, 9.17) is 12.6 Å². The molecule has 0 aromatic carbocycles. The van der Waals surface area contributed by atoms with Crippen LogP contribution < -0.4 is 0 Å². The molecule has 0 amide bonds. The fraction of sp³-hybridized carbons (Fsp3) is 0.895. The first kappa shape index (κ1) is 15.5. The van der Waals surface area contributed by atoms with Crippen LogP contribution in [0.2, 0.25) is 0 Å². The van der Waals surface area contributed by atoms with Crippen molar-refractivity contribution in [3.63, 3.8) is 0 Å². The summed E-state index contributed by atoms with van der Waals surface area (Å²) in [6, 6.07) is 0. The molecule has 0 aromatic heterocycles. The molecule has 3 saturated carbocycles. The Morgan fingerprint density at radius 1 is 1.05 bits per heavy atom. The van der Waals surface area contributed by atoms with Crippen LogP contribution in [-0.4, -0.2) is 27.7 Å². The van der Waals surface area contributed by atoms with E-state index in [1.165, 1.54) is 18.4 Å². The van der Waals surface area contributed by atoms with Gasteiger partial charge in [0.1, 0.15) is 0 Å². The van der Waals surface area contributed by atoms with Crippen molar-refractivity contribution in [3.05, 3.63) is 11.6 Å². The maximum absolute atomic E-state index is 10.9. The molecule has 0 aromatic rings. The first-order valence-electron chi connectivity index (χ1n) is 9.11. The van der Waals surface area contributed by atoms with Gasteiger partial charge in [0, 0.05) is 5.25 Å². The van der Waals surface area contributed by atoms with Gasteiger partial charge in [0.15, 0.2) is 0 Å². The number of thiol groups is 1. The number of aliphatic hydroxyl groups is 2. The zero-order valence-corrected chi connectivity index (χ0v) is 14.7. The predicted molar refractivity (Wildman–Crippen MR) is 91.9 cm³/mol. The van der Waals surface area contributed by atoms with E-state index in [2.05, 4.69) is 19.9 Å². The molecule has 0 saturated heterocycles. The molecule has 0 heterocycles. The highest BCUT2D eigenvalue weighted by molar-refractivity contribution is 7.80. The van der Waals surface area contributed by atoms with Gasteiger partial charge in [-0.05, 0) is 73.5 Å². The maximum atomic E-state index is 10.9. The molecule has 2 nitrogen and oxygen atoms in total. The van der Waals surface area contributed by atoms with Gasteiger partial charge >= 0.3 is 0 Å². The van der Waals surface area contributed by atoms with Crippen molar-refractivity contribution in [1.82, 2.24) is 0 Å². The molecular weight excluding hydrogens is 292 g/mol. The van der Waals surface area contributed by atoms with Gasteiger partial charge < -0.3 is 10.2 Å². The molecule has 0 bridgehead atoms. The summed E-state index contributed by atoms with van der Waals surface area (Å²) >= 11 is 4.69. The van der Waals surface area contributed by atoms with Gasteiger partial charge in [0.2, 0.25) is 0 Å². The summed E-state index contributed by atoms with van der Waals surface area (Å²) in [4.78, 5) is 0. The number of aliphatic hydroxyl groups excluding tert-OH is 2. The molecule has 2 N–H and O–H groups in total. The molecule has 124 valence electrons. The second kappa shape index (κ2) is 5.00. The molecular formula is C19H30O2S. The van der Waals surface area contributed by atoms with Crippen LogP contribution >= 0.6 is 12.6 Å². The van der Waals surface area contributed by atoms with Crippen molar-refractivity contribution in [3.8, 4) is 0 Å². The monoisotopic (exact) mass is 322 g/mol. The summed E-state index contributed by atoms with van der Waals surface area (Å²) < 4.78 is 0. The van der Waals surface area contributed by atoms with Crippen molar-refractivity contribution in [1.29, 1.82) is 0 Å². The molecule has 8 atom stereocenters. The summed E-state index contributed by atoms with van der Waals surface area (Å²) in [5.74, 6) is 1.42. The number of rotatable bonds is 0. The van der Waals surface area contributed by atoms with Crippen molar-refractivity contribution in [2.75, 3.05) is 0 Å². The lowest BCUT2D eigenvalue weighted by atomic mass is 9.47. The maximum Gasteiger partial charge on any atom is 0.0757 e. The smallest absolute Gasteiger partial charge is 0.0757 e. The number of hydrogen-bond donors (Lipinski definition) is 3. The van der Waals surface area contributed by atoms with Gasteiger partial charge in [-0.2, -0.15) is 12.6 Å². The Balaban J connectivity index is 1.73. The Kier molecular flexibility index (Phi) is 3.53. The van der Waals surface area contributed by atoms with Crippen molar-refractivity contribution in [2.45, 2.75) is 76.3 Å². The fourth-order valence-electron chi connectivity index (χ4n) is 6.60. The Morgan fingerprint density at radius 2 is 1.82 bits per heavy atom. The highest BCUT2D eigenvalue weighted by atomic mass is 32.1. The third-order valence-electron chi connectivity index (χ3n) is 8.05. The number of fused-ring (bicyclic) bond motifs is 5. The van der Waals surface area contributed by atoms with E-state index >= 15 is 0 Å².